The lowest BCUT2D eigenvalue weighted by Gasteiger charge is -2.28. The highest BCUT2D eigenvalue weighted by Gasteiger charge is 2.16. The minimum Gasteiger partial charge on any atom is -0.388 e. The molecular formula is C8H17N3O. The van der Waals surface area contributed by atoms with Crippen LogP contribution in [-0.2, 0) is 4.74 Å². The molecule has 0 unspecified atom stereocenters. The van der Waals surface area contributed by atoms with Crippen LogP contribution in [0.3, 0.4) is 0 Å². The molecule has 0 spiro atoms. The van der Waals surface area contributed by atoms with E-state index in [1.54, 1.807) is 6.92 Å². The van der Waals surface area contributed by atoms with Gasteiger partial charge in [-0.3, -0.25) is 4.99 Å². The molecule has 1 aliphatic heterocycles. The van der Waals surface area contributed by atoms with Crippen LogP contribution in [0.2, 0.25) is 0 Å². The minimum atomic E-state index is 0.224. The quantitative estimate of drug-likeness (QED) is 0.458. The molecule has 0 aromatic carbocycles. The summed E-state index contributed by atoms with van der Waals surface area (Å²) >= 11 is 0. The van der Waals surface area contributed by atoms with Crippen LogP contribution in [0, 0.1) is 0 Å². The molecule has 0 amide bonds. The van der Waals surface area contributed by atoms with Gasteiger partial charge in [0, 0.05) is 13.1 Å². The number of nitrogens with two attached hydrogens (primary N) is 1. The molecule has 0 radical (unpaired) electrons. The number of amidine groups is 1. The number of hydrogen-bond acceptors (Lipinski definition) is 3. The van der Waals surface area contributed by atoms with E-state index in [9.17, 15) is 0 Å². The molecule has 4 heteroatoms. The Morgan fingerprint density at radius 1 is 1.75 bits per heavy atom. The summed E-state index contributed by atoms with van der Waals surface area (Å²) < 4.78 is 5.49. The molecule has 1 fully saturated rings. The van der Waals surface area contributed by atoms with Gasteiger partial charge in [0.15, 0.2) is 0 Å². The molecular weight excluding hydrogens is 154 g/mol. The van der Waals surface area contributed by atoms with Gasteiger partial charge in [0.1, 0.15) is 0 Å². The lowest BCUT2D eigenvalue weighted by molar-refractivity contribution is -0.0136. The van der Waals surface area contributed by atoms with Gasteiger partial charge in [-0.25, -0.2) is 0 Å². The van der Waals surface area contributed by atoms with E-state index in [4.69, 9.17) is 10.5 Å². The zero-order valence-electron chi connectivity index (χ0n) is 7.79. The second-order valence-corrected chi connectivity index (χ2v) is 3.24. The van der Waals surface area contributed by atoms with Gasteiger partial charge in [-0.1, -0.05) is 0 Å². The van der Waals surface area contributed by atoms with Crippen LogP contribution >= 0.6 is 0 Å². The summed E-state index contributed by atoms with van der Waals surface area (Å²) in [7, 11) is 2.09. The lowest BCUT2D eigenvalue weighted by atomic mass is 10.3. The summed E-state index contributed by atoms with van der Waals surface area (Å²) in [6.07, 6.45) is 0.224. The van der Waals surface area contributed by atoms with Crippen LogP contribution in [0.25, 0.3) is 0 Å². The summed E-state index contributed by atoms with van der Waals surface area (Å²) in [4.78, 5) is 6.37. The molecule has 0 aliphatic carbocycles. The van der Waals surface area contributed by atoms with Crippen molar-refractivity contribution in [2.75, 3.05) is 33.3 Å². The molecule has 1 rings (SSSR count). The third kappa shape index (κ3) is 3.19. The van der Waals surface area contributed by atoms with Crippen molar-refractivity contribution in [3.8, 4) is 0 Å². The molecule has 1 aliphatic rings. The Hall–Kier alpha value is -0.610. The van der Waals surface area contributed by atoms with Crippen LogP contribution in [0.15, 0.2) is 4.99 Å². The molecule has 4 nitrogen and oxygen atoms in total. The van der Waals surface area contributed by atoms with Crippen molar-refractivity contribution >= 4 is 5.84 Å². The van der Waals surface area contributed by atoms with E-state index in [-0.39, 0.29) is 6.10 Å². The maximum atomic E-state index is 5.49. The number of aliphatic imine (C=N–C) groups is 1. The summed E-state index contributed by atoms with van der Waals surface area (Å²) in [6, 6.07) is 0. The highest BCUT2D eigenvalue weighted by Crippen LogP contribution is 2.02. The Bertz CT molecular complexity index is 166. The lowest BCUT2D eigenvalue weighted by Crippen LogP contribution is -2.41. The van der Waals surface area contributed by atoms with E-state index in [1.165, 1.54) is 0 Å². The average molecular weight is 171 g/mol. The zero-order chi connectivity index (χ0) is 8.97. The molecule has 0 aromatic heterocycles. The highest BCUT2D eigenvalue weighted by molar-refractivity contribution is 5.77. The number of morpholine rings is 1. The molecule has 0 aromatic rings. The van der Waals surface area contributed by atoms with Crippen molar-refractivity contribution in [1.82, 2.24) is 4.90 Å². The van der Waals surface area contributed by atoms with Crippen LogP contribution in [0.4, 0.5) is 0 Å². The molecule has 0 bridgehead atoms. The summed E-state index contributed by atoms with van der Waals surface area (Å²) in [5.41, 5.74) is 5.43. The van der Waals surface area contributed by atoms with E-state index < -0.39 is 0 Å². The molecule has 0 saturated carbocycles. The van der Waals surface area contributed by atoms with Gasteiger partial charge in [0.25, 0.3) is 0 Å². The molecule has 70 valence electrons. The van der Waals surface area contributed by atoms with Crippen molar-refractivity contribution < 1.29 is 4.74 Å². The minimum absolute atomic E-state index is 0.224. The molecule has 12 heavy (non-hydrogen) atoms. The van der Waals surface area contributed by atoms with Crippen molar-refractivity contribution in [3.05, 3.63) is 0 Å². The highest BCUT2D eigenvalue weighted by atomic mass is 16.5. The number of likely N-dealkylation sites (N-methyl/N-ethyl adjacent to an activating group) is 1. The predicted octanol–water partition coefficient (Wildman–Crippen LogP) is -0.306. The first kappa shape index (κ1) is 9.48. The topological polar surface area (TPSA) is 50.8 Å². The van der Waals surface area contributed by atoms with E-state index in [0.717, 1.165) is 19.7 Å². The van der Waals surface area contributed by atoms with Gasteiger partial charge in [-0.2, -0.15) is 0 Å². The first-order valence-electron chi connectivity index (χ1n) is 4.25. The number of rotatable bonds is 2. The third-order valence-electron chi connectivity index (χ3n) is 1.89. The number of hydrogen-bond donors (Lipinski definition) is 1. The van der Waals surface area contributed by atoms with E-state index >= 15 is 0 Å². The van der Waals surface area contributed by atoms with E-state index in [0.29, 0.717) is 12.4 Å². The van der Waals surface area contributed by atoms with Gasteiger partial charge in [0.05, 0.1) is 25.1 Å². The normalized spacial score (nSPS) is 27.5. The second-order valence-electron chi connectivity index (χ2n) is 3.24. The smallest absolute Gasteiger partial charge is 0.0906 e. The fraction of sp³-hybridized carbons (Fsp3) is 0.875. The predicted molar refractivity (Wildman–Crippen MR) is 49.4 cm³/mol. The number of nitrogens with zero attached hydrogens (tertiary/aromatic N) is 2. The Morgan fingerprint density at radius 3 is 3.08 bits per heavy atom. The fourth-order valence-electron chi connectivity index (χ4n) is 1.22. The van der Waals surface area contributed by atoms with Gasteiger partial charge in [-0.05, 0) is 14.0 Å². The molecule has 1 heterocycles. The largest absolute Gasteiger partial charge is 0.388 e. The van der Waals surface area contributed by atoms with Gasteiger partial charge < -0.3 is 15.4 Å². The van der Waals surface area contributed by atoms with E-state index in [2.05, 4.69) is 16.9 Å². The van der Waals surface area contributed by atoms with Crippen LogP contribution < -0.4 is 5.73 Å². The van der Waals surface area contributed by atoms with Crippen molar-refractivity contribution in [2.45, 2.75) is 13.0 Å². The Labute approximate surface area is 73.4 Å². The van der Waals surface area contributed by atoms with Crippen molar-refractivity contribution in [1.29, 1.82) is 0 Å². The maximum absolute atomic E-state index is 5.49. The average Bonchev–Trinajstić information content (AvgIpc) is 2.01. The molecule has 1 saturated heterocycles. The Balaban J connectivity index is 2.27. The fourth-order valence-corrected chi connectivity index (χ4v) is 1.22. The maximum Gasteiger partial charge on any atom is 0.0906 e. The SMILES string of the molecule is CC(N)=NC[C@@H]1CN(C)CCO1. The summed E-state index contributed by atoms with van der Waals surface area (Å²) in [5.74, 6) is 0.631. The first-order valence-corrected chi connectivity index (χ1v) is 4.25. The van der Waals surface area contributed by atoms with Crippen molar-refractivity contribution in [2.24, 2.45) is 10.7 Å². The van der Waals surface area contributed by atoms with Crippen molar-refractivity contribution in [3.63, 3.8) is 0 Å². The van der Waals surface area contributed by atoms with Crippen LogP contribution in [0.5, 0.6) is 0 Å². The van der Waals surface area contributed by atoms with Gasteiger partial charge in [0.2, 0.25) is 0 Å². The second kappa shape index (κ2) is 4.42. The zero-order valence-corrected chi connectivity index (χ0v) is 7.79. The Kier molecular flexibility index (Phi) is 3.49. The monoisotopic (exact) mass is 171 g/mol. The van der Waals surface area contributed by atoms with Crippen LogP contribution in [-0.4, -0.2) is 50.1 Å². The Morgan fingerprint density at radius 2 is 2.50 bits per heavy atom. The number of ether oxygens (including phenoxy) is 1. The third-order valence-corrected chi connectivity index (χ3v) is 1.89. The summed E-state index contributed by atoms with van der Waals surface area (Å²) in [5, 5.41) is 0. The molecule has 2 N–H and O–H groups in total. The summed E-state index contributed by atoms with van der Waals surface area (Å²) in [6.45, 7) is 5.26. The standard InChI is InChI=1S/C8H17N3O/c1-7(9)10-5-8-6-11(2)3-4-12-8/h8H,3-6H2,1-2H3,(H2,9,10)/t8-/m1/s1. The van der Waals surface area contributed by atoms with Crippen LogP contribution in [0.1, 0.15) is 6.92 Å². The molecule has 1 atom stereocenters. The van der Waals surface area contributed by atoms with Gasteiger partial charge >= 0.3 is 0 Å². The van der Waals surface area contributed by atoms with Gasteiger partial charge in [-0.15, -0.1) is 0 Å². The van der Waals surface area contributed by atoms with E-state index in [1.807, 2.05) is 0 Å². The first-order chi connectivity index (χ1) is 5.68.